The highest BCUT2D eigenvalue weighted by Crippen LogP contribution is 2.26. The largest absolute Gasteiger partial charge is 0.339 e. The molecule has 1 aromatic carbocycles. The second-order valence-electron chi connectivity index (χ2n) is 4.38. The van der Waals surface area contributed by atoms with Crippen molar-refractivity contribution in [2.75, 3.05) is 10.7 Å². The first-order valence-corrected chi connectivity index (χ1v) is 6.85. The quantitative estimate of drug-likeness (QED) is 0.580. The molecule has 0 bridgehead atoms. The van der Waals surface area contributed by atoms with Crippen molar-refractivity contribution in [2.24, 2.45) is 5.84 Å². The molecule has 0 saturated heterocycles. The Bertz CT molecular complexity index is 680. The highest BCUT2D eigenvalue weighted by molar-refractivity contribution is 6.33. The minimum Gasteiger partial charge on any atom is -0.339 e. The molecule has 0 radical (unpaired) electrons. The average Bonchev–Trinajstić information content (AvgIpc) is 2.49. The Morgan fingerprint density at radius 3 is 2.71 bits per heavy atom. The Morgan fingerprint density at radius 2 is 2.05 bits per heavy atom. The number of aryl methyl sites for hydroxylation is 1. The van der Waals surface area contributed by atoms with E-state index in [1.807, 2.05) is 6.92 Å². The summed E-state index contributed by atoms with van der Waals surface area (Å²) in [5, 5.41) is 12.5. The van der Waals surface area contributed by atoms with Gasteiger partial charge in [-0.15, -0.1) is 0 Å². The van der Waals surface area contributed by atoms with Crippen molar-refractivity contribution >= 4 is 28.9 Å². The first-order valence-electron chi connectivity index (χ1n) is 6.47. The Kier molecular flexibility index (Phi) is 4.93. The van der Waals surface area contributed by atoms with Crippen LogP contribution in [-0.4, -0.2) is 9.97 Å². The van der Waals surface area contributed by atoms with Gasteiger partial charge in [-0.25, -0.2) is 15.8 Å². The van der Waals surface area contributed by atoms with Gasteiger partial charge in [0.1, 0.15) is 17.5 Å². The van der Waals surface area contributed by atoms with E-state index < -0.39 is 0 Å². The van der Waals surface area contributed by atoms with Crippen molar-refractivity contribution in [1.82, 2.24) is 9.97 Å². The lowest BCUT2D eigenvalue weighted by Gasteiger charge is -2.11. The summed E-state index contributed by atoms with van der Waals surface area (Å²) < 4.78 is 0. The van der Waals surface area contributed by atoms with Crippen LogP contribution in [0, 0.1) is 11.3 Å². The van der Waals surface area contributed by atoms with Crippen LogP contribution in [-0.2, 0) is 6.42 Å². The zero-order valence-electron chi connectivity index (χ0n) is 11.5. The lowest BCUT2D eigenvalue weighted by atomic mass is 10.2. The summed E-state index contributed by atoms with van der Waals surface area (Å²) in [7, 11) is 0. The molecule has 0 amide bonds. The second kappa shape index (κ2) is 6.88. The lowest BCUT2D eigenvalue weighted by molar-refractivity contribution is 0.837. The minimum absolute atomic E-state index is 0.506. The number of nitriles is 1. The topological polar surface area (TPSA) is 99.6 Å². The van der Waals surface area contributed by atoms with Crippen LogP contribution >= 0.6 is 11.6 Å². The van der Waals surface area contributed by atoms with Gasteiger partial charge >= 0.3 is 0 Å². The molecule has 6 nitrogen and oxygen atoms in total. The predicted octanol–water partition coefficient (Wildman–Crippen LogP) is 2.98. The maximum absolute atomic E-state index is 8.94. The molecule has 1 aromatic heterocycles. The molecular formula is C14H15ClN6. The van der Waals surface area contributed by atoms with E-state index in [4.69, 9.17) is 22.7 Å². The third-order valence-corrected chi connectivity index (χ3v) is 3.08. The monoisotopic (exact) mass is 302 g/mol. The van der Waals surface area contributed by atoms with Crippen LogP contribution in [0.2, 0.25) is 5.02 Å². The van der Waals surface area contributed by atoms with E-state index in [0.29, 0.717) is 33.7 Å². The summed E-state index contributed by atoms with van der Waals surface area (Å²) in [6, 6.07) is 8.73. The Morgan fingerprint density at radius 1 is 1.29 bits per heavy atom. The Labute approximate surface area is 127 Å². The van der Waals surface area contributed by atoms with Gasteiger partial charge in [-0.1, -0.05) is 18.5 Å². The van der Waals surface area contributed by atoms with E-state index in [1.54, 1.807) is 24.3 Å². The third kappa shape index (κ3) is 3.81. The van der Waals surface area contributed by atoms with Crippen LogP contribution in [0.5, 0.6) is 0 Å². The Balaban J connectivity index is 2.34. The SMILES string of the molecule is CCCc1nc(NN)cc(Nc2cc(C#N)ccc2Cl)n1. The molecule has 0 unspecified atom stereocenters. The zero-order valence-corrected chi connectivity index (χ0v) is 12.3. The molecule has 2 rings (SSSR count). The van der Waals surface area contributed by atoms with Gasteiger partial charge in [-0.05, 0) is 24.6 Å². The summed E-state index contributed by atoms with van der Waals surface area (Å²) in [5.41, 5.74) is 3.64. The fraction of sp³-hybridized carbons (Fsp3) is 0.214. The number of hydrogen-bond donors (Lipinski definition) is 3. The maximum atomic E-state index is 8.94. The van der Waals surface area contributed by atoms with E-state index in [0.717, 1.165) is 12.8 Å². The summed E-state index contributed by atoms with van der Waals surface area (Å²) >= 11 is 6.12. The highest BCUT2D eigenvalue weighted by atomic mass is 35.5. The van der Waals surface area contributed by atoms with E-state index in [1.165, 1.54) is 0 Å². The normalized spacial score (nSPS) is 10.0. The molecule has 0 saturated carbocycles. The third-order valence-electron chi connectivity index (χ3n) is 2.75. The van der Waals surface area contributed by atoms with Crippen molar-refractivity contribution in [3.8, 4) is 6.07 Å². The van der Waals surface area contributed by atoms with Gasteiger partial charge in [0.05, 0.1) is 22.3 Å². The van der Waals surface area contributed by atoms with Gasteiger partial charge < -0.3 is 10.7 Å². The number of halogens is 1. The molecule has 108 valence electrons. The molecule has 1 heterocycles. The number of nitrogens with one attached hydrogen (secondary N) is 2. The standard InChI is InChI=1S/C14H15ClN6/c1-2-3-12-19-13(7-14(20-12)21-17)18-11-6-9(8-16)4-5-10(11)15/h4-7H,2-3,17H2,1H3,(H2,18,19,20,21). The van der Waals surface area contributed by atoms with E-state index in [2.05, 4.69) is 26.8 Å². The molecule has 0 atom stereocenters. The Hall–Kier alpha value is -2.36. The number of hydrazine groups is 1. The summed E-state index contributed by atoms with van der Waals surface area (Å²) in [5.74, 6) is 7.18. The van der Waals surface area contributed by atoms with E-state index in [-0.39, 0.29) is 0 Å². The first kappa shape index (κ1) is 15.0. The number of nitrogens with zero attached hydrogens (tertiary/aromatic N) is 3. The summed E-state index contributed by atoms with van der Waals surface area (Å²) in [6.45, 7) is 2.05. The highest BCUT2D eigenvalue weighted by Gasteiger charge is 2.07. The zero-order chi connectivity index (χ0) is 15.2. The van der Waals surface area contributed by atoms with Crippen molar-refractivity contribution in [3.63, 3.8) is 0 Å². The number of hydrogen-bond acceptors (Lipinski definition) is 6. The fourth-order valence-corrected chi connectivity index (χ4v) is 1.96. The number of nitrogen functional groups attached to an aromatic ring is 1. The minimum atomic E-state index is 0.506. The molecule has 0 fully saturated rings. The average molecular weight is 303 g/mol. The first-order chi connectivity index (χ1) is 10.2. The molecule has 0 aliphatic rings. The maximum Gasteiger partial charge on any atom is 0.145 e. The van der Waals surface area contributed by atoms with Gasteiger partial charge in [0.15, 0.2) is 0 Å². The van der Waals surface area contributed by atoms with Gasteiger partial charge in [-0.2, -0.15) is 5.26 Å². The van der Waals surface area contributed by atoms with Crippen molar-refractivity contribution in [3.05, 3.63) is 40.7 Å². The van der Waals surface area contributed by atoms with Crippen molar-refractivity contribution in [2.45, 2.75) is 19.8 Å². The van der Waals surface area contributed by atoms with Crippen LogP contribution in [0.15, 0.2) is 24.3 Å². The summed E-state index contributed by atoms with van der Waals surface area (Å²) in [4.78, 5) is 8.67. The second-order valence-corrected chi connectivity index (χ2v) is 4.79. The van der Waals surface area contributed by atoms with Crippen LogP contribution < -0.4 is 16.6 Å². The van der Waals surface area contributed by atoms with Crippen LogP contribution in [0.1, 0.15) is 24.7 Å². The van der Waals surface area contributed by atoms with Gasteiger partial charge in [0.25, 0.3) is 0 Å². The summed E-state index contributed by atoms with van der Waals surface area (Å²) in [6.07, 6.45) is 1.67. The number of anilines is 3. The molecule has 21 heavy (non-hydrogen) atoms. The van der Waals surface area contributed by atoms with Crippen LogP contribution in [0.3, 0.4) is 0 Å². The molecule has 0 spiro atoms. The molecule has 2 aromatic rings. The van der Waals surface area contributed by atoms with E-state index >= 15 is 0 Å². The predicted molar refractivity (Wildman–Crippen MR) is 83.3 cm³/mol. The molecular weight excluding hydrogens is 288 g/mol. The molecule has 4 N–H and O–H groups in total. The van der Waals surface area contributed by atoms with Crippen LogP contribution in [0.25, 0.3) is 0 Å². The van der Waals surface area contributed by atoms with Crippen LogP contribution in [0.4, 0.5) is 17.3 Å². The van der Waals surface area contributed by atoms with Gasteiger partial charge in [-0.3, -0.25) is 0 Å². The van der Waals surface area contributed by atoms with Gasteiger partial charge in [0, 0.05) is 12.5 Å². The number of nitrogens with two attached hydrogens (primary N) is 1. The number of benzene rings is 1. The molecule has 7 heteroatoms. The van der Waals surface area contributed by atoms with Crippen molar-refractivity contribution < 1.29 is 0 Å². The molecule has 0 aliphatic carbocycles. The number of rotatable bonds is 5. The van der Waals surface area contributed by atoms with Gasteiger partial charge in [0.2, 0.25) is 0 Å². The molecule has 0 aliphatic heterocycles. The lowest BCUT2D eigenvalue weighted by Crippen LogP contribution is -2.11. The van der Waals surface area contributed by atoms with Crippen molar-refractivity contribution in [1.29, 1.82) is 5.26 Å². The smallest absolute Gasteiger partial charge is 0.145 e. The number of aromatic nitrogens is 2. The van der Waals surface area contributed by atoms with E-state index in [9.17, 15) is 0 Å². The fourth-order valence-electron chi connectivity index (χ4n) is 1.80.